The number of amides is 1. The minimum Gasteiger partial charge on any atom is -0.478 e. The zero-order valence-electron chi connectivity index (χ0n) is 10.2. The molecule has 0 aliphatic carbocycles. The summed E-state index contributed by atoms with van der Waals surface area (Å²) in [6.45, 7) is 0. The van der Waals surface area contributed by atoms with Gasteiger partial charge in [0.1, 0.15) is 11.4 Å². The zero-order chi connectivity index (χ0) is 14.7. The van der Waals surface area contributed by atoms with E-state index >= 15 is 0 Å². The smallest absolute Gasteiger partial charge is 0.338 e. The van der Waals surface area contributed by atoms with E-state index in [0.717, 1.165) is 0 Å². The molecule has 0 atom stereocenters. The molecule has 1 aromatic carbocycles. The summed E-state index contributed by atoms with van der Waals surface area (Å²) >= 11 is 0. The van der Waals surface area contributed by atoms with Gasteiger partial charge in [0.15, 0.2) is 0 Å². The maximum atomic E-state index is 10.9. The maximum Gasteiger partial charge on any atom is 0.338 e. The fourth-order valence-electron chi connectivity index (χ4n) is 1.52. The number of aromatic nitrogens is 1. The molecule has 5 N–H and O–H groups in total. The van der Waals surface area contributed by atoms with Crippen LogP contribution in [0.15, 0.2) is 36.5 Å². The summed E-state index contributed by atoms with van der Waals surface area (Å²) in [6, 6.07) is 7.26. The van der Waals surface area contributed by atoms with Gasteiger partial charge in [-0.25, -0.2) is 9.78 Å². The first-order valence-electron chi connectivity index (χ1n) is 5.54. The molecule has 7 heteroatoms. The molecule has 0 radical (unpaired) electrons. The van der Waals surface area contributed by atoms with Crippen LogP contribution in [0.5, 0.6) is 11.6 Å². The van der Waals surface area contributed by atoms with Crippen LogP contribution in [0.4, 0.5) is 5.69 Å². The van der Waals surface area contributed by atoms with Crippen molar-refractivity contribution in [1.82, 2.24) is 4.98 Å². The van der Waals surface area contributed by atoms with Crippen molar-refractivity contribution in [2.75, 3.05) is 5.73 Å². The Morgan fingerprint density at radius 1 is 1.15 bits per heavy atom. The molecule has 0 unspecified atom stereocenters. The van der Waals surface area contributed by atoms with Crippen LogP contribution in [0.3, 0.4) is 0 Å². The highest BCUT2D eigenvalue weighted by molar-refractivity contribution is 5.94. The summed E-state index contributed by atoms with van der Waals surface area (Å²) in [6.07, 6.45) is 1.28. The molecule has 0 aliphatic heterocycles. The van der Waals surface area contributed by atoms with Gasteiger partial charge in [-0.3, -0.25) is 4.79 Å². The molecule has 0 spiro atoms. The van der Waals surface area contributed by atoms with E-state index < -0.39 is 11.9 Å². The van der Waals surface area contributed by atoms with Gasteiger partial charge >= 0.3 is 5.97 Å². The molecule has 0 bridgehead atoms. The molecule has 0 saturated heterocycles. The van der Waals surface area contributed by atoms with Crippen molar-refractivity contribution < 1.29 is 19.4 Å². The van der Waals surface area contributed by atoms with E-state index in [2.05, 4.69) is 4.98 Å². The lowest BCUT2D eigenvalue weighted by molar-refractivity contribution is 0.0697. The van der Waals surface area contributed by atoms with Crippen molar-refractivity contribution in [3.05, 3.63) is 47.7 Å². The number of pyridine rings is 1. The third-order valence-electron chi connectivity index (χ3n) is 2.54. The highest BCUT2D eigenvalue weighted by atomic mass is 16.5. The molecule has 0 saturated carbocycles. The Morgan fingerprint density at radius 2 is 1.80 bits per heavy atom. The number of anilines is 1. The molecule has 102 valence electrons. The third kappa shape index (κ3) is 2.66. The quantitative estimate of drug-likeness (QED) is 0.768. The molecule has 1 heterocycles. The number of primary amides is 1. The molecule has 0 aliphatic rings. The Morgan fingerprint density at radius 3 is 2.35 bits per heavy atom. The monoisotopic (exact) mass is 273 g/mol. The molecule has 2 aromatic rings. The number of nitrogens with two attached hydrogens (primary N) is 2. The summed E-state index contributed by atoms with van der Waals surface area (Å²) < 4.78 is 5.38. The number of hydrogen-bond donors (Lipinski definition) is 3. The number of nitrogens with zero attached hydrogens (tertiary/aromatic N) is 1. The number of carboxylic acids is 1. The Balaban J connectivity index is 2.28. The SMILES string of the molecule is NC(=O)c1ccc(Oc2nccc(C(=O)O)c2N)cc1. The molecule has 2 rings (SSSR count). The first kappa shape index (κ1) is 13.3. The van der Waals surface area contributed by atoms with Crippen LogP contribution in [0.1, 0.15) is 20.7 Å². The van der Waals surface area contributed by atoms with E-state index in [0.29, 0.717) is 11.3 Å². The standard InChI is InChI=1S/C13H11N3O4/c14-10-9(13(18)19)5-6-16-12(10)20-8-3-1-7(2-4-8)11(15)17/h1-6H,14H2,(H2,15,17)(H,18,19). The summed E-state index contributed by atoms with van der Waals surface area (Å²) in [5.74, 6) is -1.38. The van der Waals surface area contributed by atoms with E-state index in [1.807, 2.05) is 0 Å². The van der Waals surface area contributed by atoms with Gasteiger partial charge in [-0.1, -0.05) is 0 Å². The highest BCUT2D eigenvalue weighted by Gasteiger charge is 2.14. The molecule has 1 amide bonds. The average Bonchev–Trinajstić information content (AvgIpc) is 2.41. The van der Waals surface area contributed by atoms with E-state index in [1.54, 1.807) is 0 Å². The van der Waals surface area contributed by atoms with Crippen molar-refractivity contribution in [3.63, 3.8) is 0 Å². The topological polar surface area (TPSA) is 129 Å². The molecular formula is C13H11N3O4. The zero-order valence-corrected chi connectivity index (χ0v) is 10.2. The lowest BCUT2D eigenvalue weighted by Gasteiger charge is -2.09. The lowest BCUT2D eigenvalue weighted by atomic mass is 10.2. The predicted molar refractivity (Wildman–Crippen MR) is 70.6 cm³/mol. The maximum absolute atomic E-state index is 10.9. The lowest BCUT2D eigenvalue weighted by Crippen LogP contribution is -2.10. The minimum atomic E-state index is -1.17. The van der Waals surface area contributed by atoms with E-state index in [9.17, 15) is 9.59 Å². The number of carbonyl (C=O) groups excluding carboxylic acids is 1. The predicted octanol–water partition coefficient (Wildman–Crippen LogP) is 1.25. The largest absolute Gasteiger partial charge is 0.478 e. The second-order valence-electron chi connectivity index (χ2n) is 3.87. The average molecular weight is 273 g/mol. The Labute approximate surface area is 113 Å². The van der Waals surface area contributed by atoms with Crippen molar-refractivity contribution in [2.45, 2.75) is 0 Å². The second kappa shape index (κ2) is 5.27. The van der Waals surface area contributed by atoms with Crippen LogP contribution < -0.4 is 16.2 Å². The first-order valence-corrected chi connectivity index (χ1v) is 5.54. The van der Waals surface area contributed by atoms with Gasteiger partial charge in [-0.05, 0) is 30.3 Å². The number of carbonyl (C=O) groups is 2. The number of aromatic carboxylic acids is 1. The van der Waals surface area contributed by atoms with Gasteiger partial charge in [0, 0.05) is 11.8 Å². The molecule has 7 nitrogen and oxygen atoms in total. The molecular weight excluding hydrogens is 262 g/mol. The first-order chi connectivity index (χ1) is 9.49. The normalized spacial score (nSPS) is 10.0. The summed E-state index contributed by atoms with van der Waals surface area (Å²) in [5.41, 5.74) is 11.0. The van der Waals surface area contributed by atoms with Crippen molar-refractivity contribution in [3.8, 4) is 11.6 Å². The number of carboxylic acid groups (broad SMARTS) is 1. The highest BCUT2D eigenvalue weighted by Crippen LogP contribution is 2.27. The van der Waals surface area contributed by atoms with Crippen LogP contribution in [-0.2, 0) is 0 Å². The van der Waals surface area contributed by atoms with Crippen LogP contribution in [0.25, 0.3) is 0 Å². The number of ether oxygens (including phenoxy) is 1. The molecule has 20 heavy (non-hydrogen) atoms. The van der Waals surface area contributed by atoms with Crippen LogP contribution in [0, 0.1) is 0 Å². The van der Waals surface area contributed by atoms with Crippen molar-refractivity contribution >= 4 is 17.6 Å². The number of hydrogen-bond acceptors (Lipinski definition) is 5. The van der Waals surface area contributed by atoms with Gasteiger partial charge in [0.05, 0.1) is 5.56 Å². The van der Waals surface area contributed by atoms with E-state index in [1.165, 1.54) is 36.5 Å². The van der Waals surface area contributed by atoms with E-state index in [-0.39, 0.29) is 17.1 Å². The minimum absolute atomic E-state index is 0.0169. The molecule has 0 fully saturated rings. The Bertz CT molecular complexity index is 668. The van der Waals surface area contributed by atoms with Crippen LogP contribution in [-0.4, -0.2) is 22.0 Å². The summed E-state index contributed by atoms with van der Waals surface area (Å²) in [5, 5.41) is 8.94. The fourth-order valence-corrected chi connectivity index (χ4v) is 1.52. The van der Waals surface area contributed by atoms with Crippen molar-refractivity contribution in [2.24, 2.45) is 5.73 Å². The number of benzene rings is 1. The van der Waals surface area contributed by atoms with Crippen LogP contribution >= 0.6 is 0 Å². The fraction of sp³-hybridized carbons (Fsp3) is 0. The van der Waals surface area contributed by atoms with Gasteiger partial charge in [-0.15, -0.1) is 0 Å². The summed E-state index contributed by atoms with van der Waals surface area (Å²) in [4.78, 5) is 25.7. The van der Waals surface area contributed by atoms with Gasteiger partial charge in [-0.2, -0.15) is 0 Å². The van der Waals surface area contributed by atoms with Gasteiger partial charge < -0.3 is 21.3 Å². The van der Waals surface area contributed by atoms with Crippen molar-refractivity contribution in [1.29, 1.82) is 0 Å². The number of rotatable bonds is 4. The van der Waals surface area contributed by atoms with Gasteiger partial charge in [0.25, 0.3) is 0 Å². The summed E-state index contributed by atoms with van der Waals surface area (Å²) in [7, 11) is 0. The Hall–Kier alpha value is -3.09. The Kier molecular flexibility index (Phi) is 3.52. The van der Waals surface area contributed by atoms with E-state index in [4.69, 9.17) is 21.3 Å². The number of nitrogen functional groups attached to an aromatic ring is 1. The molecule has 1 aromatic heterocycles. The van der Waals surface area contributed by atoms with Gasteiger partial charge in [0.2, 0.25) is 11.8 Å². The second-order valence-corrected chi connectivity index (χ2v) is 3.87. The van der Waals surface area contributed by atoms with Crippen LogP contribution in [0.2, 0.25) is 0 Å². The third-order valence-corrected chi connectivity index (χ3v) is 2.54.